The van der Waals surface area contributed by atoms with Gasteiger partial charge in [-0.3, -0.25) is 13.8 Å². The summed E-state index contributed by atoms with van der Waals surface area (Å²) in [6, 6.07) is 6.23. The Hall–Kier alpha value is -4.63. The molecule has 12 saturated carbocycles. The molecule has 0 heterocycles. The summed E-state index contributed by atoms with van der Waals surface area (Å²) in [7, 11) is -0.449. The highest BCUT2D eigenvalue weighted by Gasteiger charge is 2.58. The number of aliphatic hydroxyl groups is 1. The molecule has 0 aromatic heterocycles. The summed E-state index contributed by atoms with van der Waals surface area (Å²) in [5, 5.41) is 37.6. The van der Waals surface area contributed by atoms with Gasteiger partial charge in [0.2, 0.25) is 0 Å². The summed E-state index contributed by atoms with van der Waals surface area (Å²) in [6.07, 6.45) is 26.7. The lowest BCUT2D eigenvalue weighted by Crippen LogP contribution is -2.57. The highest BCUT2D eigenvalue weighted by molar-refractivity contribution is 7.86. The molecule has 0 bridgehead atoms. The van der Waals surface area contributed by atoms with Crippen molar-refractivity contribution in [3.8, 4) is 12.1 Å². The average molecular weight is 1470 g/mol. The first kappa shape index (κ1) is 86.0. The van der Waals surface area contributed by atoms with Crippen molar-refractivity contribution in [3.05, 3.63) is 0 Å². The molecule has 572 valence electrons. The lowest BCUT2D eigenvalue weighted by atomic mass is 9.49. The minimum absolute atomic E-state index is 0. The van der Waals surface area contributed by atoms with Crippen LogP contribution in [0.3, 0.4) is 0 Å². The lowest BCUT2D eigenvalue weighted by Gasteiger charge is -2.57. The zero-order valence-corrected chi connectivity index (χ0v) is 65.0. The van der Waals surface area contributed by atoms with E-state index in [2.05, 4.69) is 38.1 Å². The third-order valence-electron chi connectivity index (χ3n) is 22.2. The smallest absolute Gasteiger partial charge is 0.407 e. The molecule has 24 nitrogen and oxygen atoms in total. The molecule has 6 spiro atoms. The van der Waals surface area contributed by atoms with E-state index in [-0.39, 0.29) is 115 Å². The molecule has 0 unspecified atom stereocenters. The van der Waals surface area contributed by atoms with Crippen LogP contribution < -0.4 is 32.7 Å². The van der Waals surface area contributed by atoms with Gasteiger partial charge in [-0.25, -0.2) is 19.2 Å². The number of esters is 2. The van der Waals surface area contributed by atoms with Gasteiger partial charge in [-0.2, -0.15) is 18.9 Å². The Morgan fingerprint density at radius 1 is 0.420 bits per heavy atom. The molecular weight excluding hydrogens is 1350 g/mol. The molecule has 100 heavy (non-hydrogen) atoms. The second-order valence-corrected chi connectivity index (χ2v) is 38.2. The summed E-state index contributed by atoms with van der Waals surface area (Å²) < 4.78 is 57.0. The maximum Gasteiger partial charge on any atom is 0.407 e. The summed E-state index contributed by atoms with van der Waals surface area (Å²) in [5.41, 5.74) is 12.1. The van der Waals surface area contributed by atoms with E-state index >= 15 is 0 Å². The van der Waals surface area contributed by atoms with Crippen LogP contribution in [-0.2, 0) is 52.3 Å². The van der Waals surface area contributed by atoms with Crippen LogP contribution in [0.1, 0.15) is 250 Å². The SMILES string of the molecule is CC(C)(C)OC(=O)NC1CC2(CC(CC#N)C2)C1.CC(C)(C)OC(=O)NC1CC2(CC(CO)C2)C1.CC(C)(C)OC(=O)NC1CC2(CC(COS(C)(=O)=O)C2)C1.COC(=O)C1CC2(CC(N)C2)C1.COC(=O)C1CC2(CC(NC(=O)OC(C)(C)C)C2)C1.Cl.Cl.N#CCC1CC2(CC(N)C2)C1. The third kappa shape index (κ3) is 25.3. The van der Waals surface area contributed by atoms with Crippen LogP contribution in [0.5, 0.6) is 0 Å². The van der Waals surface area contributed by atoms with Gasteiger partial charge in [0, 0.05) is 55.7 Å². The number of nitrogens with zero attached hydrogens (tertiary/aromatic N) is 2. The molecule has 4 amide bonds. The van der Waals surface area contributed by atoms with Crippen LogP contribution in [0.25, 0.3) is 0 Å². The van der Waals surface area contributed by atoms with E-state index in [0.29, 0.717) is 70.4 Å². The molecule has 27 heteroatoms. The molecule has 12 rings (SSSR count). The Morgan fingerprint density at radius 2 is 0.650 bits per heavy atom. The number of rotatable bonds is 12. The van der Waals surface area contributed by atoms with Gasteiger partial charge in [-0.15, -0.1) is 24.8 Å². The Labute approximate surface area is 608 Å². The van der Waals surface area contributed by atoms with E-state index in [1.54, 1.807) is 0 Å². The number of amides is 4. The van der Waals surface area contributed by atoms with Crippen LogP contribution in [0.2, 0.25) is 0 Å². The molecule has 9 N–H and O–H groups in total. The number of carbonyl (C=O) groups excluding carboxylic acids is 6. The number of methoxy groups -OCH3 is 2. The number of hydrogen-bond acceptors (Lipinski definition) is 20. The standard InChI is InChI=1S/C14H22N2O2.C14H25NO5S.C14H23NO4.C13H23NO3.C9H14N2.C9H15NO2.2ClH/c1-13(2,3)18-12(17)16-11-8-14(9-11)6-10(7-14)4-5-15;1-13(2,3)20-12(16)15-11-7-14(8-11)5-10(6-14)9-19-21(4,17)18;1-13(2,3)19-12(17)15-10-7-14(8-10)5-9(6-14)11(16)18-4;1-12(2,3)17-11(16)14-10-6-13(7-10)4-9(5-13)8-15;10-2-1-7-3-9(4-7)5-8(11)6-9;1-12-8(11)6-2-9(3-6)4-7(10)5-9;;/h10-11H,4,6-9H2,1-3H3,(H,16,17);10-11H,5-9H2,1-4H3,(H,15,16);9-10H,5-8H2,1-4H3,(H,15,17);9-10,15H,4-8H2,1-3H3,(H,14,16);7-8H,1,3-6,11H2;6-7H,2-5,10H2,1H3;2*1H. The van der Waals surface area contributed by atoms with Crippen LogP contribution in [0.15, 0.2) is 0 Å². The minimum Gasteiger partial charge on any atom is -0.469 e. The molecule has 12 aliphatic carbocycles. The molecule has 0 aliphatic heterocycles. The van der Waals surface area contributed by atoms with Crippen molar-refractivity contribution in [2.45, 2.75) is 309 Å². The maximum atomic E-state index is 11.6. The van der Waals surface area contributed by atoms with E-state index in [9.17, 15) is 37.2 Å². The van der Waals surface area contributed by atoms with Crippen molar-refractivity contribution in [3.63, 3.8) is 0 Å². The van der Waals surface area contributed by atoms with Crippen molar-refractivity contribution < 1.29 is 74.9 Å². The van der Waals surface area contributed by atoms with Gasteiger partial charge < -0.3 is 66.3 Å². The van der Waals surface area contributed by atoms with Gasteiger partial charge in [0.15, 0.2) is 0 Å². The van der Waals surface area contributed by atoms with Crippen molar-refractivity contribution in [1.82, 2.24) is 21.3 Å². The van der Waals surface area contributed by atoms with Gasteiger partial charge in [0.05, 0.1) is 51.1 Å². The minimum atomic E-state index is -3.34. The highest BCUT2D eigenvalue weighted by Crippen LogP contribution is 2.63. The number of halogens is 2. The van der Waals surface area contributed by atoms with Gasteiger partial charge in [-0.1, -0.05) is 0 Å². The van der Waals surface area contributed by atoms with Crippen LogP contribution in [0.4, 0.5) is 19.2 Å². The van der Waals surface area contributed by atoms with Gasteiger partial charge in [0.25, 0.3) is 10.1 Å². The number of ether oxygens (including phenoxy) is 6. The van der Waals surface area contributed by atoms with Crippen LogP contribution in [0, 0.1) is 90.7 Å². The fourth-order valence-electron chi connectivity index (χ4n) is 18.7. The number of aliphatic hydroxyl groups excluding tert-OH is 1. The summed E-state index contributed by atoms with van der Waals surface area (Å²) in [4.78, 5) is 68.7. The van der Waals surface area contributed by atoms with Crippen molar-refractivity contribution in [2.24, 2.45) is 79.5 Å². The number of nitriles is 2. The van der Waals surface area contributed by atoms with Crippen LogP contribution >= 0.6 is 24.8 Å². The van der Waals surface area contributed by atoms with E-state index in [0.717, 1.165) is 141 Å². The number of nitrogens with two attached hydrogens (primary N) is 2. The number of nitrogens with one attached hydrogen (secondary N) is 4. The first-order chi connectivity index (χ1) is 45.2. The topological polar surface area (TPSA) is 369 Å². The summed E-state index contributed by atoms with van der Waals surface area (Å²) in [5.74, 6) is 2.20. The molecule has 0 radical (unpaired) electrons. The highest BCUT2D eigenvalue weighted by atomic mass is 35.5. The molecule has 0 atom stereocenters. The van der Waals surface area contributed by atoms with Crippen LogP contribution in [-0.4, -0.2) is 142 Å². The summed E-state index contributed by atoms with van der Waals surface area (Å²) >= 11 is 0. The Kier molecular flexibility index (Phi) is 28.9. The molecule has 12 aliphatic rings. The van der Waals surface area contributed by atoms with E-state index in [4.69, 9.17) is 55.0 Å². The quantitative estimate of drug-likeness (QED) is 0.0542. The first-order valence-corrected chi connectivity index (χ1v) is 37.9. The second-order valence-electron chi connectivity index (χ2n) is 36.6. The van der Waals surface area contributed by atoms with Crippen molar-refractivity contribution in [2.75, 3.05) is 33.7 Å². The molecule has 0 saturated heterocycles. The molecular formula is C73H124Cl2N8O16S. The van der Waals surface area contributed by atoms with E-state index < -0.39 is 32.5 Å². The summed E-state index contributed by atoms with van der Waals surface area (Å²) in [6.45, 7) is 22.9. The second kappa shape index (κ2) is 33.6. The zero-order valence-electron chi connectivity index (χ0n) is 62.6. The Morgan fingerprint density at radius 3 is 0.870 bits per heavy atom. The third-order valence-corrected chi connectivity index (χ3v) is 22.8. The first-order valence-electron chi connectivity index (χ1n) is 36.1. The van der Waals surface area contributed by atoms with E-state index in [1.165, 1.54) is 39.9 Å². The van der Waals surface area contributed by atoms with E-state index in [1.807, 2.05) is 83.1 Å². The molecule has 0 aromatic carbocycles. The Bertz CT molecular complexity index is 2940. The maximum absolute atomic E-state index is 11.6. The largest absolute Gasteiger partial charge is 0.469 e. The van der Waals surface area contributed by atoms with Gasteiger partial charge in [-0.05, 0) is 293 Å². The predicted molar refractivity (Wildman–Crippen MR) is 382 cm³/mol. The normalized spacial score (nSPS) is 35.9. The Balaban J connectivity index is 0.000000218. The van der Waals surface area contributed by atoms with Crippen molar-refractivity contribution in [1.29, 1.82) is 10.5 Å². The van der Waals surface area contributed by atoms with Gasteiger partial charge >= 0.3 is 36.3 Å². The van der Waals surface area contributed by atoms with Crippen molar-refractivity contribution >= 4 is 71.2 Å². The zero-order chi connectivity index (χ0) is 72.9. The average Bonchev–Trinajstić information content (AvgIpc) is 0.843. The number of carbonyl (C=O) groups is 6. The number of hydrogen-bond donors (Lipinski definition) is 7. The fourth-order valence-corrected chi connectivity index (χ4v) is 19.1. The lowest BCUT2D eigenvalue weighted by molar-refractivity contribution is -0.159. The number of alkyl carbamates (subject to hydrolysis) is 4. The fraction of sp³-hybridized carbons (Fsp3) is 0.890. The monoisotopic (exact) mass is 1470 g/mol. The predicted octanol–water partition coefficient (Wildman–Crippen LogP) is 12.3. The molecule has 12 fully saturated rings. The molecule has 0 aromatic rings. The van der Waals surface area contributed by atoms with Gasteiger partial charge in [0.1, 0.15) is 22.4 Å².